The van der Waals surface area contributed by atoms with Gasteiger partial charge in [0.05, 0.1) is 13.2 Å². The minimum Gasteiger partial charge on any atom is -0.387 e. The monoisotopic (exact) mass is 692 g/mol. The van der Waals surface area contributed by atoms with Crippen molar-refractivity contribution in [2.45, 2.75) is 214 Å². The van der Waals surface area contributed by atoms with E-state index in [9.17, 15) is 10.2 Å². The van der Waals surface area contributed by atoms with Crippen LogP contribution in [0.4, 0.5) is 0 Å². The zero-order valence-electron chi connectivity index (χ0n) is 29.5. The fourth-order valence-corrected chi connectivity index (χ4v) is 10.1. The Labute approximate surface area is 291 Å². The summed E-state index contributed by atoms with van der Waals surface area (Å²) in [7, 11) is 0. The van der Waals surface area contributed by atoms with Crippen molar-refractivity contribution in [3.8, 4) is 0 Å². The van der Waals surface area contributed by atoms with Gasteiger partial charge in [0.1, 0.15) is 48.8 Å². The van der Waals surface area contributed by atoms with Gasteiger partial charge in [0.15, 0.2) is 29.4 Å². The molecule has 5 heterocycles. The maximum absolute atomic E-state index is 11.0. The highest BCUT2D eigenvalue weighted by Crippen LogP contribution is 2.49. The number of fused-ring (bicyclic) bond motifs is 1. The second-order valence-electron chi connectivity index (χ2n) is 16.2. The molecule has 4 saturated carbocycles. The van der Waals surface area contributed by atoms with Crippen LogP contribution in [0, 0.1) is 0 Å². The third-order valence-electron chi connectivity index (χ3n) is 12.6. The summed E-state index contributed by atoms with van der Waals surface area (Å²) < 4.78 is 55.5. The van der Waals surface area contributed by atoms with Crippen molar-refractivity contribution in [1.82, 2.24) is 0 Å². The molecular formula is C38H60O11. The summed E-state index contributed by atoms with van der Waals surface area (Å²) in [5, 5.41) is 21.4. The largest absolute Gasteiger partial charge is 0.387 e. The Morgan fingerprint density at radius 2 is 1.06 bits per heavy atom. The number of allylic oxidation sites excluding steroid dienone is 1. The van der Waals surface area contributed by atoms with E-state index < -0.39 is 41.6 Å². The summed E-state index contributed by atoms with van der Waals surface area (Å²) in [5.41, 5.74) is 0. The van der Waals surface area contributed by atoms with E-state index in [1.54, 1.807) is 0 Å². The van der Waals surface area contributed by atoms with Gasteiger partial charge in [-0.05, 0) is 58.3 Å². The Hall–Kier alpha value is -0.700. The van der Waals surface area contributed by atoms with Crippen LogP contribution in [0.25, 0.3) is 0 Å². The molecule has 9 atom stereocenters. The van der Waals surface area contributed by atoms with Gasteiger partial charge in [0.2, 0.25) is 0 Å². The van der Waals surface area contributed by atoms with E-state index in [-0.39, 0.29) is 36.6 Å². The summed E-state index contributed by atoms with van der Waals surface area (Å²) in [6.45, 7) is 2.93. The normalized spacial score (nSPS) is 42.6. The minimum atomic E-state index is -0.937. The van der Waals surface area contributed by atoms with Gasteiger partial charge in [-0.3, -0.25) is 0 Å². The molecule has 0 bridgehead atoms. The summed E-state index contributed by atoms with van der Waals surface area (Å²) in [6.07, 6.45) is 21.6. The number of hydrogen-bond donors (Lipinski definition) is 2. The molecule has 5 saturated heterocycles. The van der Waals surface area contributed by atoms with Crippen molar-refractivity contribution in [2.24, 2.45) is 0 Å². The van der Waals surface area contributed by atoms with Crippen LogP contribution in [-0.2, 0) is 42.6 Å². The molecule has 4 aliphatic carbocycles. The number of aliphatic hydroxyl groups excluding tert-OH is 2. The average molecular weight is 693 g/mol. The van der Waals surface area contributed by atoms with Crippen LogP contribution in [0.1, 0.15) is 135 Å². The average Bonchev–Trinajstić information content (AvgIpc) is 3.94. The molecule has 5 aliphatic heterocycles. The highest BCUT2D eigenvalue weighted by atomic mass is 16.8. The van der Waals surface area contributed by atoms with Gasteiger partial charge in [-0.1, -0.05) is 37.8 Å². The summed E-state index contributed by atoms with van der Waals surface area (Å²) in [6, 6.07) is 0. The molecular weight excluding hydrogens is 632 g/mol. The SMILES string of the molecule is CC=C[C@@H]1OC2(CCCCC2)OC1[C@@H](O)C1COC2(CCCCC2)O1.OC1O[C@@H](C2COC3(CCCCC3)O2)C2OC3(CCCCC3)O[C@@H]12. The van der Waals surface area contributed by atoms with Crippen LogP contribution >= 0.6 is 0 Å². The molecule has 5 unspecified atom stereocenters. The standard InChI is InChI=1S/C20H32O5.C18H28O6/c1-2-9-15-18(25-20(23-15)12-7-4-8-13-20)17(21)16-14-22-19(24-16)10-5-3-6-11-19;19-16-15-14(23-18(24-15)9-5-2-6-10-18)13(21-16)12-11-20-17(22-12)7-3-1-4-8-17/h2,9,15-18,21H,3-8,10-14H2,1H3;12-16,19H,1-11H2/t15-,16?,17-,18?;12?,13-,14?,15+,16?/m00/s1. The van der Waals surface area contributed by atoms with Gasteiger partial charge in [0, 0.05) is 51.4 Å². The number of aliphatic hydroxyl groups is 2. The molecule has 11 nitrogen and oxygen atoms in total. The topological polar surface area (TPSA) is 124 Å². The molecule has 9 fully saturated rings. The van der Waals surface area contributed by atoms with E-state index >= 15 is 0 Å². The second-order valence-corrected chi connectivity index (χ2v) is 16.2. The van der Waals surface area contributed by atoms with Gasteiger partial charge in [-0.2, -0.15) is 0 Å². The quantitative estimate of drug-likeness (QED) is 0.355. The lowest BCUT2D eigenvalue weighted by molar-refractivity contribution is -0.260. The highest BCUT2D eigenvalue weighted by Gasteiger charge is 2.62. The molecule has 0 amide bonds. The van der Waals surface area contributed by atoms with Gasteiger partial charge < -0.3 is 52.8 Å². The first kappa shape index (κ1) is 35.3. The van der Waals surface area contributed by atoms with E-state index in [4.69, 9.17) is 42.6 Å². The van der Waals surface area contributed by atoms with Gasteiger partial charge in [-0.15, -0.1) is 0 Å². The van der Waals surface area contributed by atoms with Crippen molar-refractivity contribution in [3.63, 3.8) is 0 Å². The zero-order valence-corrected chi connectivity index (χ0v) is 29.5. The van der Waals surface area contributed by atoms with Crippen LogP contribution in [0.2, 0.25) is 0 Å². The highest BCUT2D eigenvalue weighted by molar-refractivity contribution is 5.04. The van der Waals surface area contributed by atoms with Crippen molar-refractivity contribution < 1.29 is 52.8 Å². The second kappa shape index (κ2) is 14.6. The van der Waals surface area contributed by atoms with Gasteiger partial charge in [0.25, 0.3) is 0 Å². The van der Waals surface area contributed by atoms with Crippen molar-refractivity contribution in [1.29, 1.82) is 0 Å². The lowest BCUT2D eigenvalue weighted by Crippen LogP contribution is -2.45. The molecule has 9 aliphatic rings. The molecule has 0 aromatic rings. The maximum Gasteiger partial charge on any atom is 0.184 e. The fraction of sp³-hybridized carbons (Fsp3) is 0.947. The zero-order chi connectivity index (χ0) is 33.5. The maximum atomic E-state index is 11.0. The number of rotatable bonds is 4. The van der Waals surface area contributed by atoms with Gasteiger partial charge in [-0.25, -0.2) is 0 Å². The molecule has 2 N–H and O–H groups in total. The number of hydrogen-bond acceptors (Lipinski definition) is 11. The van der Waals surface area contributed by atoms with Crippen LogP contribution in [-0.4, -0.2) is 102 Å². The molecule has 11 heteroatoms. The van der Waals surface area contributed by atoms with Crippen LogP contribution in [0.3, 0.4) is 0 Å². The number of ether oxygens (including phenoxy) is 9. The van der Waals surface area contributed by atoms with Crippen molar-refractivity contribution in [3.05, 3.63) is 12.2 Å². The predicted octanol–water partition coefficient (Wildman–Crippen LogP) is 5.67. The summed E-state index contributed by atoms with van der Waals surface area (Å²) >= 11 is 0. The Kier molecular flexibility index (Phi) is 10.5. The van der Waals surface area contributed by atoms with E-state index in [2.05, 4.69) is 0 Å². The Balaban J connectivity index is 0.000000142. The van der Waals surface area contributed by atoms with E-state index in [0.29, 0.717) is 13.2 Å². The minimum absolute atomic E-state index is 0.185. The summed E-state index contributed by atoms with van der Waals surface area (Å²) in [5.74, 6) is -1.94. The molecule has 0 aromatic heterocycles. The van der Waals surface area contributed by atoms with Crippen molar-refractivity contribution >= 4 is 0 Å². The Morgan fingerprint density at radius 3 is 1.65 bits per heavy atom. The molecule has 4 spiro atoms. The lowest BCUT2D eigenvalue weighted by atomic mass is 9.94. The summed E-state index contributed by atoms with van der Waals surface area (Å²) in [4.78, 5) is 0. The molecule has 49 heavy (non-hydrogen) atoms. The molecule has 278 valence electrons. The van der Waals surface area contributed by atoms with Crippen molar-refractivity contribution in [2.75, 3.05) is 13.2 Å². The lowest BCUT2D eigenvalue weighted by Gasteiger charge is -2.35. The van der Waals surface area contributed by atoms with E-state index in [1.165, 1.54) is 25.7 Å². The first-order chi connectivity index (χ1) is 23.8. The predicted molar refractivity (Wildman–Crippen MR) is 176 cm³/mol. The van der Waals surface area contributed by atoms with Crippen LogP contribution in [0.15, 0.2) is 12.2 Å². The van der Waals surface area contributed by atoms with Crippen LogP contribution in [0.5, 0.6) is 0 Å². The fourth-order valence-electron chi connectivity index (χ4n) is 10.1. The molecule has 0 aromatic carbocycles. The first-order valence-corrected chi connectivity index (χ1v) is 19.8. The first-order valence-electron chi connectivity index (χ1n) is 19.8. The Bertz CT molecular complexity index is 1120. The van der Waals surface area contributed by atoms with E-state index in [0.717, 1.165) is 103 Å². The van der Waals surface area contributed by atoms with Gasteiger partial charge >= 0.3 is 0 Å². The van der Waals surface area contributed by atoms with Crippen LogP contribution < -0.4 is 0 Å². The third-order valence-corrected chi connectivity index (χ3v) is 12.6. The van der Waals surface area contributed by atoms with E-state index in [1.807, 2.05) is 19.1 Å². The Morgan fingerprint density at radius 1 is 0.551 bits per heavy atom. The smallest absolute Gasteiger partial charge is 0.184 e. The molecule has 0 radical (unpaired) electrons. The molecule has 9 rings (SSSR count). The third kappa shape index (κ3) is 7.18.